The molecule has 5 heteroatoms. The molecule has 0 aliphatic heterocycles. The SMILES string of the molecule is Clc1ccc2c(c1)CC(CCCCc1ccc(Sc3cccc4ccccc34)c3nonc13)CC2. The molecule has 0 amide bonds. The van der Waals surface area contributed by atoms with Gasteiger partial charge in [0.25, 0.3) is 0 Å². The minimum atomic E-state index is 0.758. The van der Waals surface area contributed by atoms with Crippen LogP contribution >= 0.6 is 23.4 Å². The Balaban J connectivity index is 1.11. The minimum Gasteiger partial charge on any atom is -0.243 e. The number of halogens is 1. The van der Waals surface area contributed by atoms with Crippen LogP contribution in [0.15, 0.2) is 87.2 Å². The van der Waals surface area contributed by atoms with Gasteiger partial charge < -0.3 is 0 Å². The van der Waals surface area contributed by atoms with E-state index in [1.807, 2.05) is 6.07 Å². The molecular weight excluding hydrogens is 472 g/mol. The van der Waals surface area contributed by atoms with Crippen LogP contribution < -0.4 is 0 Å². The molecule has 1 heterocycles. The highest BCUT2D eigenvalue weighted by Gasteiger charge is 2.19. The molecule has 5 aromatic rings. The van der Waals surface area contributed by atoms with Crippen LogP contribution in [-0.4, -0.2) is 10.3 Å². The Labute approximate surface area is 214 Å². The molecular formula is C30H27ClN2OS. The van der Waals surface area contributed by atoms with Crippen LogP contribution in [0.2, 0.25) is 5.02 Å². The molecule has 6 rings (SSSR count). The van der Waals surface area contributed by atoms with Crippen molar-refractivity contribution >= 4 is 45.2 Å². The summed E-state index contributed by atoms with van der Waals surface area (Å²) in [6.07, 6.45) is 8.26. The Hall–Kier alpha value is -2.82. The highest BCUT2D eigenvalue weighted by molar-refractivity contribution is 7.99. The quantitative estimate of drug-likeness (QED) is 0.210. The highest BCUT2D eigenvalue weighted by atomic mass is 35.5. The third-order valence-electron chi connectivity index (χ3n) is 7.24. The summed E-state index contributed by atoms with van der Waals surface area (Å²) >= 11 is 7.95. The molecule has 0 N–H and O–H groups in total. The summed E-state index contributed by atoms with van der Waals surface area (Å²) in [5.74, 6) is 0.758. The lowest BCUT2D eigenvalue weighted by molar-refractivity contribution is 0.315. The van der Waals surface area contributed by atoms with E-state index in [0.717, 1.165) is 46.1 Å². The molecule has 1 aliphatic carbocycles. The fraction of sp³-hybridized carbons (Fsp3) is 0.267. The second-order valence-corrected chi connectivity index (χ2v) is 11.1. The summed E-state index contributed by atoms with van der Waals surface area (Å²) in [6.45, 7) is 0. The number of aromatic nitrogens is 2. The molecule has 0 radical (unpaired) electrons. The standard InChI is InChI=1S/C30H27ClN2OS/c31-25-16-14-21-13-12-20(18-24(21)19-25)6-1-2-8-23-15-17-28(30-29(23)32-34-33-30)35-27-11-5-9-22-7-3-4-10-26(22)27/h3-5,7,9-11,14-17,19-20H,1-2,6,8,12-13,18H2. The molecule has 176 valence electrons. The van der Waals surface area contributed by atoms with Gasteiger partial charge in [0, 0.05) is 14.8 Å². The van der Waals surface area contributed by atoms with Crippen LogP contribution in [0.25, 0.3) is 21.8 Å². The van der Waals surface area contributed by atoms with E-state index in [0.29, 0.717) is 0 Å². The molecule has 1 unspecified atom stereocenters. The van der Waals surface area contributed by atoms with Crippen molar-refractivity contribution in [1.29, 1.82) is 0 Å². The van der Waals surface area contributed by atoms with Crippen LogP contribution in [0.1, 0.15) is 42.4 Å². The first kappa shape index (κ1) is 22.6. The first-order valence-corrected chi connectivity index (χ1v) is 13.6. The van der Waals surface area contributed by atoms with E-state index in [1.165, 1.54) is 58.0 Å². The van der Waals surface area contributed by atoms with E-state index < -0.39 is 0 Å². The molecule has 0 saturated heterocycles. The van der Waals surface area contributed by atoms with Crippen molar-refractivity contribution in [2.24, 2.45) is 5.92 Å². The summed E-state index contributed by atoms with van der Waals surface area (Å²) in [4.78, 5) is 2.30. The van der Waals surface area contributed by atoms with Crippen molar-refractivity contribution in [3.8, 4) is 0 Å². The number of fused-ring (bicyclic) bond motifs is 3. The van der Waals surface area contributed by atoms with E-state index in [9.17, 15) is 0 Å². The zero-order chi connectivity index (χ0) is 23.6. The Bertz CT molecular complexity index is 1490. The third kappa shape index (κ3) is 4.82. The van der Waals surface area contributed by atoms with Gasteiger partial charge in [-0.2, -0.15) is 0 Å². The zero-order valence-corrected chi connectivity index (χ0v) is 21.1. The monoisotopic (exact) mass is 498 g/mol. The van der Waals surface area contributed by atoms with Crippen molar-refractivity contribution < 1.29 is 4.63 Å². The first-order chi connectivity index (χ1) is 17.2. The van der Waals surface area contributed by atoms with Gasteiger partial charge in [-0.05, 0) is 100 Å². The Morgan fingerprint density at radius 3 is 2.71 bits per heavy atom. The van der Waals surface area contributed by atoms with Crippen LogP contribution in [0.4, 0.5) is 0 Å². The van der Waals surface area contributed by atoms with Crippen LogP contribution in [-0.2, 0) is 19.3 Å². The van der Waals surface area contributed by atoms with Gasteiger partial charge in [-0.1, -0.05) is 84.7 Å². The van der Waals surface area contributed by atoms with Gasteiger partial charge >= 0.3 is 0 Å². The summed E-state index contributed by atoms with van der Waals surface area (Å²) in [5.41, 5.74) is 5.92. The topological polar surface area (TPSA) is 38.9 Å². The third-order valence-corrected chi connectivity index (χ3v) is 8.60. The average molecular weight is 499 g/mol. The van der Waals surface area contributed by atoms with Gasteiger partial charge in [0.05, 0.1) is 0 Å². The van der Waals surface area contributed by atoms with Gasteiger partial charge in [-0.25, -0.2) is 4.63 Å². The molecule has 4 aromatic carbocycles. The molecule has 35 heavy (non-hydrogen) atoms. The number of hydrogen-bond donors (Lipinski definition) is 0. The number of aryl methyl sites for hydroxylation is 2. The largest absolute Gasteiger partial charge is 0.243 e. The number of benzene rings is 4. The fourth-order valence-electron chi connectivity index (χ4n) is 5.38. The van der Waals surface area contributed by atoms with Gasteiger partial charge in [0.15, 0.2) is 0 Å². The fourth-order valence-corrected chi connectivity index (χ4v) is 6.62. The predicted molar refractivity (Wildman–Crippen MR) is 144 cm³/mol. The maximum absolute atomic E-state index is 6.22. The van der Waals surface area contributed by atoms with Gasteiger partial charge in [-0.3, -0.25) is 0 Å². The minimum absolute atomic E-state index is 0.758. The number of unbranched alkanes of at least 4 members (excludes halogenated alkanes) is 1. The maximum atomic E-state index is 6.22. The Kier molecular flexibility index (Phi) is 6.49. The lowest BCUT2D eigenvalue weighted by Crippen LogP contribution is -2.14. The van der Waals surface area contributed by atoms with Gasteiger partial charge in [0.1, 0.15) is 11.0 Å². The van der Waals surface area contributed by atoms with Crippen molar-refractivity contribution in [2.75, 3.05) is 0 Å². The number of nitrogens with zero attached hydrogens (tertiary/aromatic N) is 2. The number of rotatable bonds is 7. The van der Waals surface area contributed by atoms with E-state index >= 15 is 0 Å². The second kappa shape index (κ2) is 10.0. The van der Waals surface area contributed by atoms with Crippen molar-refractivity contribution in [1.82, 2.24) is 10.3 Å². The summed E-state index contributed by atoms with van der Waals surface area (Å²) < 4.78 is 5.19. The van der Waals surface area contributed by atoms with Gasteiger partial charge in [0.2, 0.25) is 0 Å². The molecule has 3 nitrogen and oxygen atoms in total. The number of hydrogen-bond acceptors (Lipinski definition) is 4. The Morgan fingerprint density at radius 1 is 0.857 bits per heavy atom. The van der Waals surface area contributed by atoms with Crippen LogP contribution in [0.3, 0.4) is 0 Å². The molecule has 0 spiro atoms. The smallest absolute Gasteiger partial charge is 0.149 e. The molecule has 1 aliphatic rings. The molecule has 1 aromatic heterocycles. The lowest BCUT2D eigenvalue weighted by Gasteiger charge is -2.24. The second-order valence-electron chi connectivity index (χ2n) is 9.53. The summed E-state index contributed by atoms with van der Waals surface area (Å²) in [6, 6.07) is 25.7. The van der Waals surface area contributed by atoms with Gasteiger partial charge in [-0.15, -0.1) is 0 Å². The van der Waals surface area contributed by atoms with E-state index in [-0.39, 0.29) is 0 Å². The van der Waals surface area contributed by atoms with Crippen molar-refractivity contribution in [3.63, 3.8) is 0 Å². The zero-order valence-electron chi connectivity index (χ0n) is 19.5. The van der Waals surface area contributed by atoms with E-state index in [1.54, 1.807) is 11.8 Å². The normalized spacial score (nSPS) is 15.5. The lowest BCUT2D eigenvalue weighted by atomic mass is 9.81. The van der Waals surface area contributed by atoms with E-state index in [4.69, 9.17) is 16.2 Å². The van der Waals surface area contributed by atoms with E-state index in [2.05, 4.69) is 77.0 Å². The highest BCUT2D eigenvalue weighted by Crippen LogP contribution is 2.37. The van der Waals surface area contributed by atoms with Crippen molar-refractivity contribution in [3.05, 3.63) is 94.5 Å². The molecule has 1 atom stereocenters. The predicted octanol–water partition coefficient (Wildman–Crippen LogP) is 8.70. The summed E-state index contributed by atoms with van der Waals surface area (Å²) in [7, 11) is 0. The average Bonchev–Trinajstić information content (AvgIpc) is 3.38. The molecule has 0 saturated carbocycles. The molecule has 0 bridgehead atoms. The summed E-state index contributed by atoms with van der Waals surface area (Å²) in [5, 5.41) is 11.9. The molecule has 0 fully saturated rings. The van der Waals surface area contributed by atoms with Crippen molar-refractivity contribution in [2.45, 2.75) is 54.7 Å². The maximum Gasteiger partial charge on any atom is 0.149 e. The van der Waals surface area contributed by atoms with Crippen LogP contribution in [0, 0.1) is 5.92 Å². The Morgan fingerprint density at radius 2 is 1.74 bits per heavy atom. The first-order valence-electron chi connectivity index (χ1n) is 12.4. The van der Waals surface area contributed by atoms with Crippen LogP contribution in [0.5, 0.6) is 0 Å².